The standard InChI is InChI=1S/C26H17ClFN3O3/c27-20-13-16(9-11-21(20)28)24-12-10-17(34-24)14-29-30-25(32)15-31-22-7-3-1-5-18(22)26(33)19-6-2-4-8-23(19)31/h1-14H,15H2,(H,30,32). The van der Waals surface area contributed by atoms with Crippen molar-refractivity contribution in [2.24, 2.45) is 5.10 Å². The van der Waals surface area contributed by atoms with Crippen molar-refractivity contribution in [3.63, 3.8) is 0 Å². The van der Waals surface area contributed by atoms with Gasteiger partial charge >= 0.3 is 0 Å². The number of carbonyl (C=O) groups is 1. The molecule has 0 atom stereocenters. The van der Waals surface area contributed by atoms with E-state index in [2.05, 4.69) is 10.5 Å². The van der Waals surface area contributed by atoms with E-state index in [0.717, 1.165) is 0 Å². The monoisotopic (exact) mass is 473 g/mol. The van der Waals surface area contributed by atoms with Crippen molar-refractivity contribution in [1.82, 2.24) is 9.99 Å². The average molecular weight is 474 g/mol. The van der Waals surface area contributed by atoms with Crippen molar-refractivity contribution in [3.8, 4) is 11.3 Å². The number of amides is 1. The maximum Gasteiger partial charge on any atom is 0.260 e. The molecule has 168 valence electrons. The lowest BCUT2D eigenvalue weighted by molar-refractivity contribution is -0.121. The smallest absolute Gasteiger partial charge is 0.260 e. The zero-order chi connectivity index (χ0) is 23.7. The number of pyridine rings is 1. The van der Waals surface area contributed by atoms with E-state index in [4.69, 9.17) is 16.0 Å². The second-order valence-electron chi connectivity index (χ2n) is 7.57. The Labute approximate surface area is 197 Å². The third-order valence-electron chi connectivity index (χ3n) is 5.39. The van der Waals surface area contributed by atoms with Gasteiger partial charge in [-0.05, 0) is 54.6 Å². The molecule has 5 aromatic rings. The molecule has 0 aliphatic rings. The van der Waals surface area contributed by atoms with Crippen molar-refractivity contribution >= 4 is 45.5 Å². The van der Waals surface area contributed by atoms with Crippen LogP contribution in [-0.4, -0.2) is 16.7 Å². The normalized spacial score (nSPS) is 11.5. The van der Waals surface area contributed by atoms with E-state index in [1.54, 1.807) is 47.0 Å². The summed E-state index contributed by atoms with van der Waals surface area (Å²) in [6.45, 7) is -0.0316. The summed E-state index contributed by atoms with van der Waals surface area (Å²) in [5.74, 6) is 0.00738. The minimum atomic E-state index is -0.509. The maximum atomic E-state index is 13.4. The lowest BCUT2D eigenvalue weighted by Gasteiger charge is -2.14. The zero-order valence-corrected chi connectivity index (χ0v) is 18.4. The van der Waals surface area contributed by atoms with Crippen molar-refractivity contribution in [2.45, 2.75) is 6.54 Å². The highest BCUT2D eigenvalue weighted by Crippen LogP contribution is 2.26. The number of benzene rings is 3. The number of rotatable bonds is 5. The van der Waals surface area contributed by atoms with Gasteiger partial charge in [0.1, 0.15) is 23.9 Å². The van der Waals surface area contributed by atoms with Crippen molar-refractivity contribution in [2.75, 3.05) is 0 Å². The van der Waals surface area contributed by atoms with Crippen LogP contribution in [0.2, 0.25) is 5.02 Å². The summed E-state index contributed by atoms with van der Waals surface area (Å²) in [5, 5.41) is 5.06. The minimum Gasteiger partial charge on any atom is -0.455 e. The number of hydrogen-bond donors (Lipinski definition) is 1. The number of nitrogens with one attached hydrogen (secondary N) is 1. The molecule has 2 aromatic heterocycles. The van der Waals surface area contributed by atoms with Crippen molar-refractivity contribution < 1.29 is 13.6 Å². The van der Waals surface area contributed by atoms with E-state index < -0.39 is 5.82 Å². The van der Waals surface area contributed by atoms with Crippen LogP contribution in [-0.2, 0) is 11.3 Å². The number of para-hydroxylation sites is 2. The molecule has 8 heteroatoms. The van der Waals surface area contributed by atoms with Gasteiger partial charge in [-0.15, -0.1) is 0 Å². The summed E-state index contributed by atoms with van der Waals surface area (Å²) in [6.07, 6.45) is 1.37. The Morgan fingerprint density at radius 1 is 1.00 bits per heavy atom. The fourth-order valence-electron chi connectivity index (χ4n) is 3.82. The first kappa shape index (κ1) is 21.6. The predicted octanol–water partition coefficient (Wildman–Crippen LogP) is 5.36. The first-order valence-electron chi connectivity index (χ1n) is 10.4. The predicted molar refractivity (Wildman–Crippen MR) is 131 cm³/mol. The van der Waals surface area contributed by atoms with E-state index in [1.807, 2.05) is 24.3 Å². The highest BCUT2D eigenvalue weighted by molar-refractivity contribution is 6.31. The van der Waals surface area contributed by atoms with Gasteiger partial charge in [-0.2, -0.15) is 5.10 Å². The van der Waals surface area contributed by atoms with E-state index in [9.17, 15) is 14.0 Å². The lowest BCUT2D eigenvalue weighted by Crippen LogP contribution is -2.25. The number of carbonyl (C=O) groups excluding carboxylic acids is 1. The summed E-state index contributed by atoms with van der Waals surface area (Å²) in [6, 6.07) is 22.0. The number of furan rings is 1. The van der Waals surface area contributed by atoms with E-state index in [1.165, 1.54) is 18.3 Å². The number of hydrogen-bond acceptors (Lipinski definition) is 4. The molecule has 1 amide bonds. The van der Waals surface area contributed by atoms with Crippen LogP contribution in [0, 0.1) is 5.82 Å². The van der Waals surface area contributed by atoms with Crippen molar-refractivity contribution in [1.29, 1.82) is 0 Å². The van der Waals surface area contributed by atoms with Crippen LogP contribution >= 0.6 is 11.6 Å². The number of aromatic nitrogens is 1. The largest absolute Gasteiger partial charge is 0.455 e. The van der Waals surface area contributed by atoms with E-state index in [0.29, 0.717) is 38.9 Å². The topological polar surface area (TPSA) is 76.6 Å². The summed E-state index contributed by atoms with van der Waals surface area (Å²) in [7, 11) is 0. The number of halogens is 2. The fourth-order valence-corrected chi connectivity index (χ4v) is 4.00. The highest BCUT2D eigenvalue weighted by atomic mass is 35.5. The van der Waals surface area contributed by atoms with Crippen LogP contribution < -0.4 is 10.9 Å². The third kappa shape index (κ3) is 4.09. The number of fused-ring (bicyclic) bond motifs is 2. The van der Waals surface area contributed by atoms with Crippen LogP contribution in [0.5, 0.6) is 0 Å². The first-order chi connectivity index (χ1) is 16.5. The molecule has 0 fully saturated rings. The molecule has 34 heavy (non-hydrogen) atoms. The van der Waals surface area contributed by atoms with Crippen LogP contribution in [0.1, 0.15) is 5.76 Å². The van der Waals surface area contributed by atoms with Crippen LogP contribution in [0.15, 0.2) is 93.2 Å². The van der Waals surface area contributed by atoms with Crippen LogP contribution in [0.3, 0.4) is 0 Å². The second kappa shape index (κ2) is 8.96. The molecule has 0 saturated carbocycles. The summed E-state index contributed by atoms with van der Waals surface area (Å²) in [4.78, 5) is 25.5. The molecule has 5 rings (SSSR count). The Bertz CT molecular complexity index is 1580. The van der Waals surface area contributed by atoms with Gasteiger partial charge in [-0.25, -0.2) is 9.82 Å². The molecule has 1 N–H and O–H groups in total. The molecule has 0 aliphatic heterocycles. The Kier molecular flexibility index (Phi) is 5.69. The van der Waals surface area contributed by atoms with E-state index in [-0.39, 0.29) is 22.9 Å². The van der Waals surface area contributed by atoms with Gasteiger partial charge in [-0.1, -0.05) is 35.9 Å². The van der Waals surface area contributed by atoms with Gasteiger partial charge < -0.3 is 8.98 Å². The van der Waals surface area contributed by atoms with Gasteiger partial charge in [0.25, 0.3) is 5.91 Å². The zero-order valence-electron chi connectivity index (χ0n) is 17.7. The maximum absolute atomic E-state index is 13.4. The van der Waals surface area contributed by atoms with Gasteiger partial charge in [-0.3, -0.25) is 9.59 Å². The Morgan fingerprint density at radius 3 is 2.35 bits per heavy atom. The minimum absolute atomic E-state index is 0.000981. The van der Waals surface area contributed by atoms with Gasteiger partial charge in [0.05, 0.1) is 22.3 Å². The van der Waals surface area contributed by atoms with Gasteiger partial charge in [0.15, 0.2) is 5.43 Å². The molecular weight excluding hydrogens is 457 g/mol. The molecule has 2 heterocycles. The quantitative estimate of drug-likeness (QED) is 0.212. The molecule has 0 unspecified atom stereocenters. The second-order valence-corrected chi connectivity index (χ2v) is 7.98. The number of nitrogens with zero attached hydrogens (tertiary/aromatic N) is 2. The Balaban J connectivity index is 1.35. The number of hydrazone groups is 1. The van der Waals surface area contributed by atoms with Gasteiger partial charge in [0, 0.05) is 16.3 Å². The molecule has 0 saturated heterocycles. The van der Waals surface area contributed by atoms with Gasteiger partial charge in [0.2, 0.25) is 0 Å². The molecule has 3 aromatic carbocycles. The molecule has 0 spiro atoms. The summed E-state index contributed by atoms with van der Waals surface area (Å²) < 4.78 is 20.8. The van der Waals surface area contributed by atoms with Crippen molar-refractivity contribution in [3.05, 3.63) is 106 Å². The Morgan fingerprint density at radius 2 is 1.68 bits per heavy atom. The van der Waals surface area contributed by atoms with Crippen LogP contribution in [0.4, 0.5) is 4.39 Å². The summed E-state index contributed by atoms with van der Waals surface area (Å²) >= 11 is 5.83. The first-order valence-corrected chi connectivity index (χ1v) is 10.8. The molecule has 0 aliphatic carbocycles. The molecule has 0 bridgehead atoms. The summed E-state index contributed by atoms with van der Waals surface area (Å²) in [5.41, 5.74) is 4.37. The lowest BCUT2D eigenvalue weighted by atomic mass is 10.1. The third-order valence-corrected chi connectivity index (χ3v) is 5.68. The highest BCUT2D eigenvalue weighted by Gasteiger charge is 2.12. The molecule has 6 nitrogen and oxygen atoms in total. The SMILES string of the molecule is O=C(Cn1c2ccccc2c(=O)c2ccccc21)NN=Cc1ccc(-c2ccc(F)c(Cl)c2)o1. The Hall–Kier alpha value is -4.23. The van der Waals surface area contributed by atoms with Crippen LogP contribution in [0.25, 0.3) is 33.1 Å². The fraction of sp³-hybridized carbons (Fsp3) is 0.0385. The average Bonchev–Trinajstić information content (AvgIpc) is 3.32. The molecule has 0 radical (unpaired) electrons. The molecular formula is C26H17ClFN3O3. The van der Waals surface area contributed by atoms with E-state index >= 15 is 0 Å².